The third kappa shape index (κ3) is 1.86. The maximum absolute atomic E-state index is 4.07. The first-order valence-corrected chi connectivity index (χ1v) is 9.43. The highest BCUT2D eigenvalue weighted by Gasteiger charge is 2.53. The van der Waals surface area contributed by atoms with Crippen LogP contribution in [0, 0.1) is 23.7 Å². The van der Waals surface area contributed by atoms with Gasteiger partial charge in [0.05, 0.1) is 0 Å². The molecule has 1 nitrogen and oxygen atoms in total. The molecule has 0 aromatic heterocycles. The van der Waals surface area contributed by atoms with E-state index in [1.807, 2.05) is 0 Å². The summed E-state index contributed by atoms with van der Waals surface area (Å²) in [6.07, 6.45) is 14.4. The van der Waals surface area contributed by atoms with Gasteiger partial charge in [0.1, 0.15) is 0 Å². The van der Waals surface area contributed by atoms with Gasteiger partial charge in [-0.2, -0.15) is 11.8 Å². The van der Waals surface area contributed by atoms with E-state index in [1.165, 1.54) is 32.1 Å². The van der Waals surface area contributed by atoms with Crippen molar-refractivity contribution in [3.63, 3.8) is 0 Å². The van der Waals surface area contributed by atoms with Crippen LogP contribution in [0.4, 0.5) is 0 Å². The molecule has 102 valence electrons. The van der Waals surface area contributed by atoms with Gasteiger partial charge in [0.2, 0.25) is 0 Å². The molecule has 4 fully saturated rings. The van der Waals surface area contributed by atoms with Crippen LogP contribution in [-0.2, 0) is 0 Å². The lowest BCUT2D eigenvalue weighted by molar-refractivity contribution is 0.198. The van der Waals surface area contributed by atoms with E-state index in [0.717, 1.165) is 41.0 Å². The van der Waals surface area contributed by atoms with E-state index in [-0.39, 0.29) is 0 Å². The summed E-state index contributed by atoms with van der Waals surface area (Å²) in [6.45, 7) is 0. The smallest absolute Gasteiger partial charge is 0.0103 e. The average Bonchev–Trinajstić information content (AvgIpc) is 3.10. The summed E-state index contributed by atoms with van der Waals surface area (Å²) < 4.78 is 0. The molecule has 7 unspecified atom stereocenters. The molecule has 0 aromatic carbocycles. The number of hydrogen-bond donors (Lipinski definition) is 1. The van der Waals surface area contributed by atoms with Crippen LogP contribution in [0.5, 0.6) is 0 Å². The Kier molecular flexibility index (Phi) is 3.15. The summed E-state index contributed by atoms with van der Waals surface area (Å²) >= 11 is 2.08. The highest BCUT2D eigenvalue weighted by atomic mass is 32.2. The second-order valence-electron chi connectivity index (χ2n) is 7.29. The molecule has 0 spiro atoms. The molecule has 0 aliphatic heterocycles. The van der Waals surface area contributed by atoms with Gasteiger partial charge in [-0.25, -0.2) is 0 Å². The quantitative estimate of drug-likeness (QED) is 0.835. The van der Waals surface area contributed by atoms with Crippen LogP contribution in [0.3, 0.4) is 0 Å². The Bertz CT molecular complexity index is 318. The van der Waals surface area contributed by atoms with Crippen LogP contribution in [0.25, 0.3) is 0 Å². The maximum atomic E-state index is 4.07. The van der Waals surface area contributed by atoms with Crippen molar-refractivity contribution in [1.29, 1.82) is 0 Å². The number of rotatable bonds is 3. The monoisotopic (exact) mass is 265 g/mol. The number of thioether (sulfide) groups is 1. The lowest BCUT2D eigenvalue weighted by atomic mass is 9.79. The van der Waals surface area contributed by atoms with Crippen LogP contribution >= 0.6 is 11.8 Å². The third-order valence-corrected chi connectivity index (χ3v) is 7.69. The molecule has 4 aliphatic carbocycles. The Hall–Kier alpha value is 0.310. The van der Waals surface area contributed by atoms with Crippen molar-refractivity contribution in [3.8, 4) is 0 Å². The van der Waals surface area contributed by atoms with E-state index in [2.05, 4.69) is 23.3 Å². The zero-order chi connectivity index (χ0) is 12.1. The first kappa shape index (κ1) is 12.1. The number of hydrogen-bond acceptors (Lipinski definition) is 2. The molecular weight excluding hydrogens is 238 g/mol. The Balaban J connectivity index is 1.37. The van der Waals surface area contributed by atoms with E-state index < -0.39 is 0 Å². The van der Waals surface area contributed by atoms with Crippen molar-refractivity contribution < 1.29 is 0 Å². The molecule has 4 saturated carbocycles. The Morgan fingerprint density at radius 1 is 0.889 bits per heavy atom. The van der Waals surface area contributed by atoms with Crippen molar-refractivity contribution in [2.75, 3.05) is 6.26 Å². The predicted molar refractivity (Wildman–Crippen MR) is 78.9 cm³/mol. The van der Waals surface area contributed by atoms with Crippen LogP contribution in [-0.4, -0.2) is 23.6 Å². The molecule has 18 heavy (non-hydrogen) atoms. The molecule has 0 radical (unpaired) electrons. The standard InChI is InChI=1S/C16H27NS/c1-18-12-6-5-11(9-12)17-16-8-10-7-15(16)14-4-2-3-13(10)14/h10-17H,2-9H2,1H3. The van der Waals surface area contributed by atoms with Crippen molar-refractivity contribution >= 4 is 11.8 Å². The van der Waals surface area contributed by atoms with Crippen molar-refractivity contribution in [1.82, 2.24) is 5.32 Å². The summed E-state index contributed by atoms with van der Waals surface area (Å²) in [5, 5.41) is 5.02. The molecule has 4 aliphatic rings. The van der Waals surface area contributed by atoms with Gasteiger partial charge in [0, 0.05) is 17.3 Å². The highest BCUT2D eigenvalue weighted by molar-refractivity contribution is 7.99. The van der Waals surface area contributed by atoms with Gasteiger partial charge in [0.25, 0.3) is 0 Å². The van der Waals surface area contributed by atoms with Gasteiger partial charge in [-0.1, -0.05) is 6.42 Å². The summed E-state index contributed by atoms with van der Waals surface area (Å²) in [6, 6.07) is 1.76. The zero-order valence-corrected chi connectivity index (χ0v) is 12.4. The Labute approximate surface area is 116 Å². The van der Waals surface area contributed by atoms with Gasteiger partial charge in [-0.15, -0.1) is 0 Å². The zero-order valence-electron chi connectivity index (χ0n) is 11.6. The minimum atomic E-state index is 0.853. The first-order chi connectivity index (χ1) is 8.85. The fraction of sp³-hybridized carbons (Fsp3) is 1.00. The molecule has 0 saturated heterocycles. The fourth-order valence-electron chi connectivity index (χ4n) is 5.87. The van der Waals surface area contributed by atoms with E-state index in [1.54, 1.807) is 19.3 Å². The minimum absolute atomic E-state index is 0.853. The number of fused-ring (bicyclic) bond motifs is 5. The first-order valence-electron chi connectivity index (χ1n) is 8.14. The van der Waals surface area contributed by atoms with Crippen molar-refractivity contribution in [2.24, 2.45) is 23.7 Å². The molecule has 0 amide bonds. The predicted octanol–water partition coefficient (Wildman–Crippen LogP) is 3.68. The Morgan fingerprint density at radius 2 is 1.78 bits per heavy atom. The van der Waals surface area contributed by atoms with Gasteiger partial charge in [-0.3, -0.25) is 0 Å². The van der Waals surface area contributed by atoms with Crippen LogP contribution in [0.2, 0.25) is 0 Å². The lowest BCUT2D eigenvalue weighted by Gasteiger charge is -2.34. The third-order valence-electron chi connectivity index (χ3n) is 6.60. The molecule has 0 heterocycles. The van der Waals surface area contributed by atoms with Gasteiger partial charge in [0.15, 0.2) is 0 Å². The second-order valence-corrected chi connectivity index (χ2v) is 8.43. The van der Waals surface area contributed by atoms with Gasteiger partial charge < -0.3 is 5.32 Å². The molecule has 0 aromatic rings. The van der Waals surface area contributed by atoms with Crippen LogP contribution in [0.1, 0.15) is 51.4 Å². The van der Waals surface area contributed by atoms with E-state index >= 15 is 0 Å². The van der Waals surface area contributed by atoms with Crippen molar-refractivity contribution in [3.05, 3.63) is 0 Å². The average molecular weight is 265 g/mol. The summed E-state index contributed by atoms with van der Waals surface area (Å²) in [5.74, 6) is 4.45. The SMILES string of the molecule is CSC1CCC(NC2CC3CC2C2CCCC32)C1. The summed E-state index contributed by atoms with van der Waals surface area (Å²) in [7, 11) is 0. The fourth-order valence-corrected chi connectivity index (χ4v) is 6.66. The maximum Gasteiger partial charge on any atom is 0.0103 e. The summed E-state index contributed by atoms with van der Waals surface area (Å²) in [5.41, 5.74) is 0. The molecule has 1 N–H and O–H groups in total. The highest BCUT2D eigenvalue weighted by Crippen LogP contribution is 2.58. The lowest BCUT2D eigenvalue weighted by Crippen LogP contribution is -2.43. The van der Waals surface area contributed by atoms with E-state index in [0.29, 0.717) is 0 Å². The number of nitrogens with one attached hydrogen (secondary N) is 1. The normalized spacial score (nSPS) is 54.2. The summed E-state index contributed by atoms with van der Waals surface area (Å²) in [4.78, 5) is 0. The largest absolute Gasteiger partial charge is 0.311 e. The van der Waals surface area contributed by atoms with Crippen molar-refractivity contribution in [2.45, 2.75) is 68.7 Å². The van der Waals surface area contributed by atoms with E-state index in [9.17, 15) is 0 Å². The molecule has 2 heteroatoms. The van der Waals surface area contributed by atoms with Crippen LogP contribution in [0.15, 0.2) is 0 Å². The van der Waals surface area contributed by atoms with Crippen LogP contribution < -0.4 is 5.32 Å². The molecular formula is C16H27NS. The molecule has 2 bridgehead atoms. The molecule has 4 rings (SSSR count). The Morgan fingerprint density at radius 3 is 2.61 bits per heavy atom. The minimum Gasteiger partial charge on any atom is -0.311 e. The topological polar surface area (TPSA) is 12.0 Å². The van der Waals surface area contributed by atoms with Gasteiger partial charge in [-0.05, 0) is 74.9 Å². The molecule has 7 atom stereocenters. The van der Waals surface area contributed by atoms with E-state index in [4.69, 9.17) is 0 Å². The second kappa shape index (κ2) is 4.70. The van der Waals surface area contributed by atoms with Gasteiger partial charge >= 0.3 is 0 Å².